The van der Waals surface area contributed by atoms with Crippen molar-refractivity contribution < 1.29 is 23.2 Å². The van der Waals surface area contributed by atoms with E-state index in [2.05, 4.69) is 4.31 Å². The highest BCUT2D eigenvalue weighted by atomic mass is 31.3. The van der Waals surface area contributed by atoms with Crippen LogP contribution in [0.5, 0.6) is 0 Å². The van der Waals surface area contributed by atoms with Gasteiger partial charge >= 0.3 is 15.2 Å². The number of benzene rings is 1. The van der Waals surface area contributed by atoms with E-state index in [1.54, 1.807) is 18.2 Å². The molecule has 2 unspecified atom stereocenters. The van der Waals surface area contributed by atoms with Gasteiger partial charge < -0.3 is 9.79 Å². The van der Waals surface area contributed by atoms with Crippen molar-refractivity contribution in [1.82, 2.24) is 0 Å². The van der Waals surface area contributed by atoms with Crippen molar-refractivity contribution in [3.8, 4) is 0 Å². The molecule has 0 aliphatic carbocycles. The number of hydrogen-bond donors (Lipinski definition) is 2. The molecular formula is C8H12O5P2. The molecule has 0 spiro atoms. The van der Waals surface area contributed by atoms with E-state index in [1.165, 1.54) is 19.1 Å². The third-order valence-corrected chi connectivity index (χ3v) is 5.38. The quantitative estimate of drug-likeness (QED) is 0.795. The molecule has 5 nitrogen and oxygen atoms in total. The minimum absolute atomic E-state index is 0.00715. The van der Waals surface area contributed by atoms with Crippen LogP contribution in [-0.2, 0) is 13.4 Å². The zero-order valence-electron chi connectivity index (χ0n) is 8.11. The van der Waals surface area contributed by atoms with Crippen LogP contribution in [0.25, 0.3) is 0 Å². The Labute approximate surface area is 87.8 Å². The molecule has 0 heterocycles. The molecule has 0 aliphatic rings. The first-order valence-electron chi connectivity index (χ1n) is 4.29. The van der Waals surface area contributed by atoms with Crippen molar-refractivity contribution >= 4 is 20.5 Å². The van der Waals surface area contributed by atoms with Gasteiger partial charge in [-0.3, -0.25) is 9.13 Å². The molecule has 0 amide bonds. The predicted octanol–water partition coefficient (Wildman–Crippen LogP) is 1.72. The lowest BCUT2D eigenvalue weighted by atomic mass is 10.4. The lowest BCUT2D eigenvalue weighted by Gasteiger charge is -2.15. The molecule has 1 aromatic carbocycles. The SMILES string of the molecule is CCP(=O)(O)OP(=O)(O)c1ccccc1. The summed E-state index contributed by atoms with van der Waals surface area (Å²) in [5, 5.41) is 0.00715. The molecule has 0 aromatic heterocycles. The zero-order valence-corrected chi connectivity index (χ0v) is 9.90. The van der Waals surface area contributed by atoms with Crippen molar-refractivity contribution in [3.63, 3.8) is 0 Å². The van der Waals surface area contributed by atoms with E-state index >= 15 is 0 Å². The van der Waals surface area contributed by atoms with Crippen LogP contribution in [0.3, 0.4) is 0 Å². The predicted molar refractivity (Wildman–Crippen MR) is 57.4 cm³/mol. The Morgan fingerprint density at radius 3 is 2.20 bits per heavy atom. The second-order valence-electron chi connectivity index (χ2n) is 2.89. The van der Waals surface area contributed by atoms with Crippen LogP contribution in [-0.4, -0.2) is 15.9 Å². The van der Waals surface area contributed by atoms with Gasteiger partial charge in [0, 0.05) is 6.16 Å². The van der Waals surface area contributed by atoms with Crippen LogP contribution >= 0.6 is 15.2 Å². The third kappa shape index (κ3) is 3.56. The van der Waals surface area contributed by atoms with Crippen LogP contribution in [0.15, 0.2) is 30.3 Å². The molecule has 0 bridgehead atoms. The summed E-state index contributed by atoms with van der Waals surface area (Å²) in [7, 11) is -8.17. The largest absolute Gasteiger partial charge is 0.365 e. The van der Waals surface area contributed by atoms with Crippen LogP contribution < -0.4 is 5.30 Å². The van der Waals surface area contributed by atoms with E-state index in [0.717, 1.165) is 0 Å². The smallest absolute Gasteiger partial charge is 0.324 e. The second kappa shape index (κ2) is 4.60. The monoisotopic (exact) mass is 250 g/mol. The van der Waals surface area contributed by atoms with Gasteiger partial charge in [-0.25, -0.2) is 4.31 Å². The molecule has 0 saturated heterocycles. The Kier molecular flexibility index (Phi) is 3.87. The van der Waals surface area contributed by atoms with Crippen LogP contribution in [0.2, 0.25) is 0 Å². The summed E-state index contributed by atoms with van der Waals surface area (Å²) in [6.45, 7) is 1.41. The average Bonchev–Trinajstić information content (AvgIpc) is 2.18. The second-order valence-corrected chi connectivity index (χ2v) is 7.01. The summed E-state index contributed by atoms with van der Waals surface area (Å²) in [4.78, 5) is 18.6. The van der Waals surface area contributed by atoms with Gasteiger partial charge in [-0.15, -0.1) is 0 Å². The maximum absolute atomic E-state index is 11.6. The molecule has 15 heavy (non-hydrogen) atoms. The molecular weight excluding hydrogens is 238 g/mol. The lowest BCUT2D eigenvalue weighted by molar-refractivity contribution is 0.341. The summed E-state index contributed by atoms with van der Waals surface area (Å²) in [5.41, 5.74) is 0. The van der Waals surface area contributed by atoms with Crippen LogP contribution in [0.1, 0.15) is 6.92 Å². The van der Waals surface area contributed by atoms with E-state index < -0.39 is 15.2 Å². The topological polar surface area (TPSA) is 83.8 Å². The standard InChI is InChI=1S/C8H12O5P2/c1-2-14(9,10)13-15(11,12)8-6-4-3-5-7-8/h3-7H,2H2,1H3,(H,9,10)(H,11,12). The molecule has 0 fully saturated rings. The maximum atomic E-state index is 11.6. The van der Waals surface area contributed by atoms with Gasteiger partial charge in [0.2, 0.25) is 0 Å². The first-order valence-corrected chi connectivity index (χ1v) is 7.63. The van der Waals surface area contributed by atoms with Gasteiger partial charge in [0.1, 0.15) is 0 Å². The number of rotatable bonds is 4. The summed E-state index contributed by atoms with van der Waals surface area (Å²) >= 11 is 0. The highest BCUT2D eigenvalue weighted by molar-refractivity contribution is 7.70. The van der Waals surface area contributed by atoms with Crippen LogP contribution in [0.4, 0.5) is 0 Å². The van der Waals surface area contributed by atoms with E-state index in [1.807, 2.05) is 0 Å². The first-order chi connectivity index (χ1) is 6.87. The van der Waals surface area contributed by atoms with Gasteiger partial charge in [-0.2, -0.15) is 0 Å². The van der Waals surface area contributed by atoms with Gasteiger partial charge in [-0.1, -0.05) is 25.1 Å². The molecule has 84 valence electrons. The van der Waals surface area contributed by atoms with E-state index in [0.29, 0.717) is 0 Å². The molecule has 2 N–H and O–H groups in total. The molecule has 1 rings (SSSR count). The minimum atomic E-state index is -4.20. The van der Waals surface area contributed by atoms with Crippen LogP contribution in [0, 0.1) is 0 Å². The molecule has 0 saturated carbocycles. The Hall–Kier alpha value is -0.440. The number of hydrogen-bond acceptors (Lipinski definition) is 3. The molecule has 7 heteroatoms. The first kappa shape index (κ1) is 12.6. The Morgan fingerprint density at radius 2 is 1.73 bits per heavy atom. The molecule has 1 aromatic rings. The summed E-state index contributed by atoms with van der Waals surface area (Å²) in [6, 6.07) is 7.51. The normalized spacial score (nSPS) is 19.1. The zero-order chi connectivity index (χ0) is 11.5. The Balaban J connectivity index is 2.95. The highest BCUT2D eigenvalue weighted by Gasteiger charge is 2.32. The molecule has 0 radical (unpaired) electrons. The molecule has 0 aliphatic heterocycles. The fraction of sp³-hybridized carbons (Fsp3) is 0.250. The average molecular weight is 250 g/mol. The van der Waals surface area contributed by atoms with E-state index in [-0.39, 0.29) is 11.5 Å². The van der Waals surface area contributed by atoms with Gasteiger partial charge in [0.05, 0.1) is 5.30 Å². The van der Waals surface area contributed by atoms with Crippen molar-refractivity contribution in [3.05, 3.63) is 30.3 Å². The summed E-state index contributed by atoms with van der Waals surface area (Å²) in [6.07, 6.45) is -0.204. The lowest BCUT2D eigenvalue weighted by Crippen LogP contribution is -2.05. The third-order valence-electron chi connectivity index (χ3n) is 1.72. The molecule has 2 atom stereocenters. The van der Waals surface area contributed by atoms with E-state index in [4.69, 9.17) is 4.89 Å². The van der Waals surface area contributed by atoms with E-state index in [9.17, 15) is 14.0 Å². The summed E-state index contributed by atoms with van der Waals surface area (Å²) in [5.74, 6) is 0. The van der Waals surface area contributed by atoms with Gasteiger partial charge in [0.25, 0.3) is 0 Å². The van der Waals surface area contributed by atoms with Gasteiger partial charge in [0.15, 0.2) is 0 Å². The highest BCUT2D eigenvalue weighted by Crippen LogP contribution is 2.58. The maximum Gasteiger partial charge on any atom is 0.365 e. The minimum Gasteiger partial charge on any atom is -0.324 e. The fourth-order valence-corrected chi connectivity index (χ4v) is 3.67. The Bertz CT molecular complexity index is 416. The fourth-order valence-electron chi connectivity index (χ4n) is 0.894. The van der Waals surface area contributed by atoms with Gasteiger partial charge in [-0.05, 0) is 12.1 Å². The van der Waals surface area contributed by atoms with Crippen molar-refractivity contribution in [2.45, 2.75) is 6.92 Å². The summed E-state index contributed by atoms with van der Waals surface area (Å²) < 4.78 is 27.1. The Morgan fingerprint density at radius 1 is 1.20 bits per heavy atom. The van der Waals surface area contributed by atoms with Crippen molar-refractivity contribution in [1.29, 1.82) is 0 Å². The van der Waals surface area contributed by atoms with Crippen molar-refractivity contribution in [2.75, 3.05) is 6.16 Å². The van der Waals surface area contributed by atoms with Crippen molar-refractivity contribution in [2.24, 2.45) is 0 Å².